The van der Waals surface area contributed by atoms with Crippen molar-refractivity contribution in [2.24, 2.45) is 5.92 Å². The highest BCUT2D eigenvalue weighted by molar-refractivity contribution is 9.09. The average Bonchev–Trinajstić information content (AvgIpc) is 2.46. The maximum absolute atomic E-state index is 12.1. The van der Waals surface area contributed by atoms with Crippen molar-refractivity contribution in [3.8, 4) is 0 Å². The van der Waals surface area contributed by atoms with Crippen molar-refractivity contribution in [1.29, 1.82) is 0 Å². The van der Waals surface area contributed by atoms with Gasteiger partial charge in [0.15, 0.2) is 0 Å². The number of aryl methyl sites for hydroxylation is 1. The van der Waals surface area contributed by atoms with E-state index in [0.717, 1.165) is 23.9 Å². The molecule has 0 bridgehead atoms. The highest BCUT2D eigenvalue weighted by atomic mass is 79.9. The lowest BCUT2D eigenvalue weighted by molar-refractivity contribution is -0.117. The molecule has 0 aliphatic heterocycles. The van der Waals surface area contributed by atoms with Crippen LogP contribution in [0.5, 0.6) is 0 Å². The van der Waals surface area contributed by atoms with Crippen LogP contribution in [0.4, 0.5) is 5.69 Å². The number of hydrogen-bond donors (Lipinski definition) is 1. The minimum Gasteiger partial charge on any atom is -0.326 e. The molecule has 0 atom stereocenters. The fraction of sp³-hybridized carbons (Fsp3) is 0.588. The van der Waals surface area contributed by atoms with E-state index in [2.05, 4.69) is 33.4 Å². The molecule has 1 aliphatic carbocycles. The Labute approximate surface area is 130 Å². The first-order valence-electron chi connectivity index (χ1n) is 7.72. The summed E-state index contributed by atoms with van der Waals surface area (Å²) in [5.41, 5.74) is 2.23. The summed E-state index contributed by atoms with van der Waals surface area (Å²) in [4.78, 5) is 12.1. The van der Waals surface area contributed by atoms with Crippen LogP contribution < -0.4 is 5.32 Å². The molecule has 110 valence electrons. The van der Waals surface area contributed by atoms with Crippen molar-refractivity contribution >= 4 is 27.5 Å². The molecule has 2 nitrogen and oxygen atoms in total. The Morgan fingerprint density at radius 1 is 1.25 bits per heavy atom. The van der Waals surface area contributed by atoms with Crippen LogP contribution in [-0.4, -0.2) is 11.2 Å². The van der Waals surface area contributed by atoms with Gasteiger partial charge < -0.3 is 5.32 Å². The number of amides is 1. The minimum atomic E-state index is 0.176. The number of carbonyl (C=O) groups excluding carboxylic acids is 1. The van der Waals surface area contributed by atoms with Gasteiger partial charge in [-0.25, -0.2) is 0 Å². The number of rotatable bonds is 6. The molecule has 3 heteroatoms. The van der Waals surface area contributed by atoms with Crippen molar-refractivity contribution in [2.45, 2.75) is 51.4 Å². The molecule has 20 heavy (non-hydrogen) atoms. The molecule has 2 rings (SSSR count). The van der Waals surface area contributed by atoms with E-state index >= 15 is 0 Å². The van der Waals surface area contributed by atoms with Gasteiger partial charge in [0.2, 0.25) is 5.91 Å². The lowest BCUT2D eigenvalue weighted by Gasteiger charge is -2.20. The molecule has 1 amide bonds. The molecule has 1 aromatic carbocycles. The van der Waals surface area contributed by atoms with E-state index in [0.29, 0.717) is 12.3 Å². The van der Waals surface area contributed by atoms with Crippen molar-refractivity contribution in [3.63, 3.8) is 0 Å². The van der Waals surface area contributed by atoms with Crippen molar-refractivity contribution in [2.75, 3.05) is 10.6 Å². The number of alkyl halides is 1. The predicted molar refractivity (Wildman–Crippen MR) is 88.4 cm³/mol. The topological polar surface area (TPSA) is 29.1 Å². The molecule has 1 aliphatic rings. The number of halogens is 1. The third kappa shape index (κ3) is 5.28. The molecular weight excluding hydrogens is 314 g/mol. The molecule has 0 saturated heterocycles. The number of nitrogens with one attached hydrogen (secondary N) is 1. The van der Waals surface area contributed by atoms with Crippen LogP contribution in [0.15, 0.2) is 24.3 Å². The number of benzene rings is 1. The van der Waals surface area contributed by atoms with Crippen molar-refractivity contribution in [1.82, 2.24) is 0 Å². The van der Waals surface area contributed by atoms with Crippen LogP contribution in [-0.2, 0) is 11.2 Å². The number of carbonyl (C=O) groups is 1. The summed E-state index contributed by atoms with van der Waals surface area (Å²) in [5, 5.41) is 4.07. The van der Waals surface area contributed by atoms with Crippen LogP contribution in [0, 0.1) is 5.92 Å². The van der Waals surface area contributed by atoms with E-state index in [1.165, 1.54) is 37.7 Å². The normalized spacial score (nSPS) is 16.1. The fourth-order valence-electron chi connectivity index (χ4n) is 2.94. The van der Waals surface area contributed by atoms with E-state index in [-0.39, 0.29) is 5.91 Å². The van der Waals surface area contributed by atoms with E-state index in [1.807, 2.05) is 12.1 Å². The van der Waals surface area contributed by atoms with Gasteiger partial charge in [0.1, 0.15) is 0 Å². The molecule has 0 spiro atoms. The second-order valence-corrected chi connectivity index (χ2v) is 6.54. The van der Waals surface area contributed by atoms with E-state index in [4.69, 9.17) is 0 Å². The van der Waals surface area contributed by atoms with Crippen LogP contribution in [0.25, 0.3) is 0 Å². The Morgan fingerprint density at radius 3 is 2.80 bits per heavy atom. The number of hydrogen-bond acceptors (Lipinski definition) is 1. The summed E-state index contributed by atoms with van der Waals surface area (Å²) in [7, 11) is 0. The second-order valence-electron chi connectivity index (χ2n) is 5.75. The van der Waals surface area contributed by atoms with Gasteiger partial charge >= 0.3 is 0 Å². The summed E-state index contributed by atoms with van der Waals surface area (Å²) >= 11 is 3.45. The first-order valence-corrected chi connectivity index (χ1v) is 8.85. The summed E-state index contributed by atoms with van der Waals surface area (Å²) in [5.74, 6) is 0.773. The van der Waals surface area contributed by atoms with Gasteiger partial charge in [-0.05, 0) is 49.3 Å². The van der Waals surface area contributed by atoms with E-state index in [9.17, 15) is 4.79 Å². The number of anilines is 1. The summed E-state index contributed by atoms with van der Waals surface area (Å²) in [6, 6.07) is 8.23. The molecule has 0 radical (unpaired) electrons. The smallest absolute Gasteiger partial charge is 0.224 e. The van der Waals surface area contributed by atoms with Gasteiger partial charge in [-0.15, -0.1) is 0 Å². The van der Waals surface area contributed by atoms with Crippen LogP contribution >= 0.6 is 15.9 Å². The summed E-state index contributed by atoms with van der Waals surface area (Å²) < 4.78 is 0. The van der Waals surface area contributed by atoms with Crippen LogP contribution in [0.3, 0.4) is 0 Å². The minimum absolute atomic E-state index is 0.176. The zero-order valence-electron chi connectivity index (χ0n) is 12.0. The van der Waals surface area contributed by atoms with Crippen LogP contribution in [0.2, 0.25) is 0 Å². The molecule has 0 aromatic heterocycles. The largest absolute Gasteiger partial charge is 0.326 e. The molecule has 0 heterocycles. The first-order chi connectivity index (χ1) is 9.78. The lowest BCUT2D eigenvalue weighted by Crippen LogP contribution is -2.18. The maximum Gasteiger partial charge on any atom is 0.224 e. The van der Waals surface area contributed by atoms with Gasteiger partial charge in [-0.3, -0.25) is 4.79 Å². The third-order valence-corrected chi connectivity index (χ3v) is 4.57. The fourth-order valence-corrected chi connectivity index (χ4v) is 3.22. The van der Waals surface area contributed by atoms with Gasteiger partial charge in [-0.2, -0.15) is 0 Å². The Morgan fingerprint density at radius 2 is 2.05 bits per heavy atom. The summed E-state index contributed by atoms with van der Waals surface area (Å²) in [6.45, 7) is 0. The highest BCUT2D eigenvalue weighted by Gasteiger charge is 2.17. The average molecular weight is 338 g/mol. The molecule has 0 unspecified atom stereocenters. The van der Waals surface area contributed by atoms with Crippen LogP contribution in [0.1, 0.15) is 50.5 Å². The Kier molecular flexibility index (Phi) is 6.58. The van der Waals surface area contributed by atoms with E-state index in [1.54, 1.807) is 0 Å². The SMILES string of the molecule is O=C(CC1CCCCC1)Nc1cccc(CCCBr)c1. The molecule has 1 saturated carbocycles. The van der Waals surface area contributed by atoms with Gasteiger partial charge in [0, 0.05) is 17.4 Å². The van der Waals surface area contributed by atoms with Crippen molar-refractivity contribution < 1.29 is 4.79 Å². The quantitative estimate of drug-likeness (QED) is 0.733. The standard InChI is InChI=1S/C17H24BrNO/c18-11-5-9-14-8-4-10-16(12-14)19-17(20)13-15-6-2-1-3-7-15/h4,8,10,12,15H,1-3,5-7,9,11,13H2,(H,19,20). The zero-order chi connectivity index (χ0) is 14.2. The molecule has 1 fully saturated rings. The van der Waals surface area contributed by atoms with E-state index < -0.39 is 0 Å². The molecular formula is C17H24BrNO. The highest BCUT2D eigenvalue weighted by Crippen LogP contribution is 2.26. The molecule has 1 N–H and O–H groups in total. The monoisotopic (exact) mass is 337 g/mol. The maximum atomic E-state index is 12.1. The predicted octanol–water partition coefficient (Wildman–Crippen LogP) is 4.92. The molecule has 1 aromatic rings. The Balaban J connectivity index is 1.83. The lowest BCUT2D eigenvalue weighted by atomic mass is 9.87. The Hall–Kier alpha value is -0.830. The van der Waals surface area contributed by atoms with Gasteiger partial charge in [0.05, 0.1) is 0 Å². The second kappa shape index (κ2) is 8.46. The zero-order valence-corrected chi connectivity index (χ0v) is 13.6. The van der Waals surface area contributed by atoms with Crippen molar-refractivity contribution in [3.05, 3.63) is 29.8 Å². The Bertz CT molecular complexity index is 427. The third-order valence-electron chi connectivity index (χ3n) is 4.01. The van der Waals surface area contributed by atoms with Gasteiger partial charge in [-0.1, -0.05) is 47.3 Å². The first kappa shape index (κ1) is 15.6. The summed E-state index contributed by atoms with van der Waals surface area (Å²) in [6.07, 6.45) is 9.23. The van der Waals surface area contributed by atoms with Gasteiger partial charge in [0.25, 0.3) is 0 Å².